The van der Waals surface area contributed by atoms with E-state index in [2.05, 4.69) is 6.92 Å². The molecule has 0 atom stereocenters. The average Bonchev–Trinajstić information content (AvgIpc) is 2.79. The molecule has 0 radical (unpaired) electrons. The molecule has 0 amide bonds. The maximum Gasteiger partial charge on any atom is 0.165 e. The van der Waals surface area contributed by atoms with Crippen molar-refractivity contribution in [2.75, 3.05) is 0 Å². The van der Waals surface area contributed by atoms with Gasteiger partial charge in [0.05, 0.1) is 4.34 Å². The molecular formula is C17H26Cl2OS. The van der Waals surface area contributed by atoms with E-state index < -0.39 is 0 Å². The number of ketones is 1. The van der Waals surface area contributed by atoms with E-state index in [1.165, 1.54) is 62.7 Å². The largest absolute Gasteiger partial charge is 0.294 e. The second-order valence-corrected chi connectivity index (χ2v) is 7.88. The van der Waals surface area contributed by atoms with Crippen LogP contribution in [0.2, 0.25) is 8.67 Å². The van der Waals surface area contributed by atoms with Crippen molar-refractivity contribution in [2.24, 2.45) is 0 Å². The standard InChI is InChI=1S/C17H26Cl2OS/c1-2-3-4-5-6-7-8-9-10-11-12-15(20)14-13-16(18)21-17(14)19/h13H,2-12H2,1H3. The predicted molar refractivity (Wildman–Crippen MR) is 95.1 cm³/mol. The Morgan fingerprint density at radius 1 is 0.952 bits per heavy atom. The van der Waals surface area contributed by atoms with Crippen LogP contribution in [0.1, 0.15) is 87.9 Å². The topological polar surface area (TPSA) is 17.1 Å². The van der Waals surface area contributed by atoms with Crippen molar-refractivity contribution in [1.29, 1.82) is 0 Å². The van der Waals surface area contributed by atoms with Gasteiger partial charge in [-0.1, -0.05) is 87.9 Å². The lowest BCUT2D eigenvalue weighted by Crippen LogP contribution is -1.97. The van der Waals surface area contributed by atoms with Crippen molar-refractivity contribution in [3.05, 3.63) is 20.3 Å². The number of halogens is 2. The molecule has 120 valence electrons. The quantitative estimate of drug-likeness (QED) is 0.281. The number of unbranched alkanes of at least 4 members (excludes halogenated alkanes) is 9. The van der Waals surface area contributed by atoms with Crippen molar-refractivity contribution in [3.8, 4) is 0 Å². The Hall–Kier alpha value is -0.0500. The molecule has 1 aromatic rings. The van der Waals surface area contributed by atoms with Crippen molar-refractivity contribution >= 4 is 40.3 Å². The van der Waals surface area contributed by atoms with Crippen LogP contribution in [0.4, 0.5) is 0 Å². The number of hydrogen-bond donors (Lipinski definition) is 0. The van der Waals surface area contributed by atoms with Gasteiger partial charge in [-0.3, -0.25) is 4.79 Å². The molecule has 0 N–H and O–H groups in total. The lowest BCUT2D eigenvalue weighted by Gasteiger charge is -2.02. The highest BCUT2D eigenvalue weighted by molar-refractivity contribution is 7.20. The van der Waals surface area contributed by atoms with E-state index in [0.717, 1.165) is 12.8 Å². The van der Waals surface area contributed by atoms with Gasteiger partial charge in [-0.15, -0.1) is 11.3 Å². The number of carbonyl (C=O) groups is 1. The Balaban J connectivity index is 1.99. The number of hydrogen-bond acceptors (Lipinski definition) is 2. The zero-order valence-corrected chi connectivity index (χ0v) is 15.3. The number of carbonyl (C=O) groups excluding carboxylic acids is 1. The Morgan fingerprint density at radius 3 is 1.95 bits per heavy atom. The first-order valence-corrected chi connectivity index (χ1v) is 9.70. The average molecular weight is 349 g/mol. The molecule has 0 unspecified atom stereocenters. The maximum absolute atomic E-state index is 12.0. The van der Waals surface area contributed by atoms with Gasteiger partial charge in [0, 0.05) is 12.0 Å². The molecule has 0 spiro atoms. The smallest absolute Gasteiger partial charge is 0.165 e. The lowest BCUT2D eigenvalue weighted by molar-refractivity contribution is 0.0979. The van der Waals surface area contributed by atoms with E-state index in [0.29, 0.717) is 20.7 Å². The molecule has 0 saturated carbocycles. The second-order valence-electron chi connectivity index (χ2n) is 5.59. The lowest BCUT2D eigenvalue weighted by atomic mass is 10.0. The highest BCUT2D eigenvalue weighted by atomic mass is 35.5. The Morgan fingerprint density at radius 2 is 1.48 bits per heavy atom. The third-order valence-electron chi connectivity index (χ3n) is 3.71. The highest BCUT2D eigenvalue weighted by Crippen LogP contribution is 2.32. The van der Waals surface area contributed by atoms with Crippen LogP contribution in [0.15, 0.2) is 6.07 Å². The molecule has 0 aliphatic carbocycles. The zero-order chi connectivity index (χ0) is 15.5. The molecule has 1 heterocycles. The van der Waals surface area contributed by atoms with Crippen molar-refractivity contribution < 1.29 is 4.79 Å². The number of rotatable bonds is 12. The van der Waals surface area contributed by atoms with E-state index in [1.807, 2.05) is 0 Å². The minimum atomic E-state index is 0.128. The summed E-state index contributed by atoms with van der Waals surface area (Å²) in [6.07, 6.45) is 13.4. The van der Waals surface area contributed by atoms with Gasteiger partial charge in [0.15, 0.2) is 5.78 Å². The summed E-state index contributed by atoms with van der Waals surface area (Å²) in [5.74, 6) is 0.128. The van der Waals surface area contributed by atoms with Gasteiger partial charge in [-0.05, 0) is 12.5 Å². The molecule has 0 aliphatic rings. The van der Waals surface area contributed by atoms with Crippen LogP contribution in [-0.2, 0) is 0 Å². The van der Waals surface area contributed by atoms with Crippen LogP contribution in [0.3, 0.4) is 0 Å². The van der Waals surface area contributed by atoms with Crippen LogP contribution in [0.5, 0.6) is 0 Å². The van der Waals surface area contributed by atoms with Crippen molar-refractivity contribution in [2.45, 2.75) is 77.6 Å². The van der Waals surface area contributed by atoms with Gasteiger partial charge in [0.1, 0.15) is 4.34 Å². The van der Waals surface area contributed by atoms with E-state index in [9.17, 15) is 4.79 Å². The monoisotopic (exact) mass is 348 g/mol. The van der Waals surface area contributed by atoms with Crippen LogP contribution in [0, 0.1) is 0 Å². The molecule has 1 aromatic heterocycles. The van der Waals surface area contributed by atoms with Gasteiger partial charge in [-0.2, -0.15) is 0 Å². The van der Waals surface area contributed by atoms with E-state index in [1.54, 1.807) is 6.07 Å². The molecule has 0 fully saturated rings. The summed E-state index contributed by atoms with van der Waals surface area (Å²) in [5.41, 5.74) is 0.600. The Bertz CT molecular complexity index is 415. The van der Waals surface area contributed by atoms with Gasteiger partial charge in [0.25, 0.3) is 0 Å². The summed E-state index contributed by atoms with van der Waals surface area (Å²) in [6, 6.07) is 1.69. The van der Waals surface area contributed by atoms with Crippen LogP contribution < -0.4 is 0 Å². The number of thiophene rings is 1. The fourth-order valence-electron chi connectivity index (χ4n) is 2.44. The van der Waals surface area contributed by atoms with Crippen molar-refractivity contribution in [3.63, 3.8) is 0 Å². The highest BCUT2D eigenvalue weighted by Gasteiger charge is 2.13. The first-order valence-electron chi connectivity index (χ1n) is 8.13. The first-order chi connectivity index (χ1) is 10.1. The number of Topliss-reactive ketones (excluding diaryl/α,β-unsaturated/α-hetero) is 1. The summed E-state index contributed by atoms with van der Waals surface area (Å²) in [6.45, 7) is 2.25. The second kappa shape index (κ2) is 11.5. The minimum absolute atomic E-state index is 0.128. The summed E-state index contributed by atoms with van der Waals surface area (Å²) in [4.78, 5) is 12.0. The molecular weight excluding hydrogens is 323 g/mol. The first kappa shape index (κ1) is 19.0. The molecule has 4 heteroatoms. The van der Waals surface area contributed by atoms with Gasteiger partial charge in [-0.25, -0.2) is 0 Å². The molecule has 21 heavy (non-hydrogen) atoms. The predicted octanol–water partition coefficient (Wildman–Crippen LogP) is 7.55. The van der Waals surface area contributed by atoms with Gasteiger partial charge in [0.2, 0.25) is 0 Å². The van der Waals surface area contributed by atoms with Crippen LogP contribution >= 0.6 is 34.5 Å². The van der Waals surface area contributed by atoms with Crippen molar-refractivity contribution in [1.82, 2.24) is 0 Å². The fraction of sp³-hybridized carbons (Fsp3) is 0.706. The van der Waals surface area contributed by atoms with Gasteiger partial charge < -0.3 is 0 Å². The molecule has 1 rings (SSSR count). The van der Waals surface area contributed by atoms with E-state index in [-0.39, 0.29) is 5.78 Å². The SMILES string of the molecule is CCCCCCCCCCCCC(=O)c1cc(Cl)sc1Cl. The Kier molecular flexibility index (Phi) is 10.4. The molecule has 0 aliphatic heterocycles. The normalized spacial score (nSPS) is 11.0. The Labute approximate surface area is 143 Å². The summed E-state index contributed by atoms with van der Waals surface area (Å²) < 4.78 is 1.11. The minimum Gasteiger partial charge on any atom is -0.294 e. The van der Waals surface area contributed by atoms with Gasteiger partial charge >= 0.3 is 0 Å². The molecule has 0 bridgehead atoms. The summed E-state index contributed by atoms with van der Waals surface area (Å²) in [7, 11) is 0. The maximum atomic E-state index is 12.0. The summed E-state index contributed by atoms with van der Waals surface area (Å²) >= 11 is 13.1. The zero-order valence-electron chi connectivity index (χ0n) is 12.9. The van der Waals surface area contributed by atoms with E-state index >= 15 is 0 Å². The third-order valence-corrected chi connectivity index (χ3v) is 5.20. The van der Waals surface area contributed by atoms with Crippen LogP contribution in [-0.4, -0.2) is 5.78 Å². The van der Waals surface area contributed by atoms with E-state index in [4.69, 9.17) is 23.2 Å². The summed E-state index contributed by atoms with van der Waals surface area (Å²) in [5, 5.41) is 0. The molecule has 0 saturated heterocycles. The molecule has 1 nitrogen and oxygen atoms in total. The third kappa shape index (κ3) is 8.23. The molecule has 0 aromatic carbocycles. The fourth-order valence-corrected chi connectivity index (χ4v) is 3.94. The van der Waals surface area contributed by atoms with Crippen LogP contribution in [0.25, 0.3) is 0 Å².